The fraction of sp³-hybridized carbons (Fsp3) is 0.571. The molecule has 1 aliphatic rings. The quantitative estimate of drug-likeness (QED) is 0.615. The first-order valence-corrected chi connectivity index (χ1v) is 7.94. The molecule has 2 aromatic rings. The summed E-state index contributed by atoms with van der Waals surface area (Å²) in [4.78, 5) is 1.58. The second kappa shape index (κ2) is 4.15. The van der Waals surface area contributed by atoms with Crippen LogP contribution < -0.4 is 0 Å². The number of hydrogen-bond donors (Lipinski definition) is 0. The fourth-order valence-electron chi connectivity index (χ4n) is 2.98. The molecule has 0 unspecified atom stereocenters. The predicted octanol–water partition coefficient (Wildman–Crippen LogP) is 5.63. The summed E-state index contributed by atoms with van der Waals surface area (Å²) < 4.78 is 3.16. The molecule has 0 aromatic carbocycles. The standard InChI is InChI=1S/C14H18S2/c1-9-8-15-14-12(10(2)16-13(9)14)11-6-4-3-5-7-11/h8,11H,3-7H2,1-2H3. The van der Waals surface area contributed by atoms with E-state index in [1.807, 2.05) is 22.7 Å². The third kappa shape index (κ3) is 1.63. The molecule has 0 nitrogen and oxygen atoms in total. The summed E-state index contributed by atoms with van der Waals surface area (Å²) in [7, 11) is 0. The Morgan fingerprint density at radius 3 is 2.56 bits per heavy atom. The van der Waals surface area contributed by atoms with Crippen molar-refractivity contribution in [1.29, 1.82) is 0 Å². The van der Waals surface area contributed by atoms with Crippen LogP contribution in [-0.2, 0) is 0 Å². The van der Waals surface area contributed by atoms with Gasteiger partial charge in [0.25, 0.3) is 0 Å². The van der Waals surface area contributed by atoms with E-state index < -0.39 is 0 Å². The van der Waals surface area contributed by atoms with Gasteiger partial charge in [0.05, 0.1) is 0 Å². The maximum atomic E-state index is 2.33. The van der Waals surface area contributed by atoms with Gasteiger partial charge in [-0.2, -0.15) is 0 Å². The Labute approximate surface area is 105 Å². The van der Waals surface area contributed by atoms with Gasteiger partial charge in [-0.1, -0.05) is 19.3 Å². The van der Waals surface area contributed by atoms with Crippen LogP contribution in [0.5, 0.6) is 0 Å². The molecule has 1 saturated carbocycles. The van der Waals surface area contributed by atoms with E-state index in [4.69, 9.17) is 0 Å². The summed E-state index contributed by atoms with van der Waals surface area (Å²) in [5.41, 5.74) is 3.19. The highest BCUT2D eigenvalue weighted by Gasteiger charge is 2.22. The van der Waals surface area contributed by atoms with Crippen molar-refractivity contribution in [1.82, 2.24) is 0 Å². The smallest absolute Gasteiger partial charge is 0.0490 e. The van der Waals surface area contributed by atoms with Crippen LogP contribution in [0.4, 0.5) is 0 Å². The van der Waals surface area contributed by atoms with Gasteiger partial charge in [-0.3, -0.25) is 0 Å². The molecule has 2 aromatic heterocycles. The lowest BCUT2D eigenvalue weighted by molar-refractivity contribution is 0.445. The van der Waals surface area contributed by atoms with Crippen LogP contribution in [0.1, 0.15) is 54.0 Å². The lowest BCUT2D eigenvalue weighted by Gasteiger charge is -2.21. The zero-order chi connectivity index (χ0) is 11.1. The number of hydrogen-bond acceptors (Lipinski definition) is 2. The average molecular weight is 250 g/mol. The highest BCUT2D eigenvalue weighted by atomic mass is 32.1. The number of rotatable bonds is 1. The van der Waals surface area contributed by atoms with Crippen molar-refractivity contribution in [3.63, 3.8) is 0 Å². The van der Waals surface area contributed by atoms with Gasteiger partial charge in [0.2, 0.25) is 0 Å². The predicted molar refractivity (Wildman–Crippen MR) is 75.0 cm³/mol. The van der Waals surface area contributed by atoms with E-state index in [0.717, 1.165) is 5.92 Å². The third-order valence-corrected chi connectivity index (χ3v) is 6.33. The third-order valence-electron chi connectivity index (χ3n) is 3.81. The highest BCUT2D eigenvalue weighted by molar-refractivity contribution is 7.27. The Hall–Kier alpha value is -0.340. The largest absolute Gasteiger partial charge is 0.142 e. The van der Waals surface area contributed by atoms with Gasteiger partial charge in [-0.25, -0.2) is 0 Å². The van der Waals surface area contributed by atoms with Crippen molar-refractivity contribution in [3.8, 4) is 0 Å². The molecule has 0 atom stereocenters. The van der Waals surface area contributed by atoms with E-state index in [1.54, 1.807) is 19.8 Å². The zero-order valence-corrected chi connectivity index (χ0v) is 11.6. The van der Waals surface area contributed by atoms with E-state index in [0.29, 0.717) is 0 Å². The Morgan fingerprint density at radius 1 is 1.06 bits per heavy atom. The van der Waals surface area contributed by atoms with Crippen molar-refractivity contribution < 1.29 is 0 Å². The molecule has 0 bridgehead atoms. The summed E-state index contributed by atoms with van der Waals surface area (Å²) in [6.45, 7) is 4.57. The maximum absolute atomic E-state index is 2.33. The average Bonchev–Trinajstić information content (AvgIpc) is 2.80. The van der Waals surface area contributed by atoms with Gasteiger partial charge in [0.1, 0.15) is 0 Å². The van der Waals surface area contributed by atoms with Gasteiger partial charge in [-0.05, 0) is 49.1 Å². The summed E-state index contributed by atoms with van der Waals surface area (Å²) in [5, 5.41) is 2.33. The zero-order valence-electron chi connectivity index (χ0n) is 10.0. The Bertz CT molecular complexity index is 498. The van der Waals surface area contributed by atoms with E-state index in [-0.39, 0.29) is 0 Å². The molecule has 86 valence electrons. The van der Waals surface area contributed by atoms with Gasteiger partial charge < -0.3 is 0 Å². The first-order chi connectivity index (χ1) is 7.77. The fourth-order valence-corrected chi connectivity index (χ4v) is 5.62. The van der Waals surface area contributed by atoms with E-state index in [9.17, 15) is 0 Å². The van der Waals surface area contributed by atoms with Crippen LogP contribution in [0.25, 0.3) is 9.40 Å². The van der Waals surface area contributed by atoms with Crippen LogP contribution in [-0.4, -0.2) is 0 Å². The van der Waals surface area contributed by atoms with Crippen LogP contribution >= 0.6 is 22.7 Å². The molecule has 16 heavy (non-hydrogen) atoms. The summed E-state index contributed by atoms with van der Waals surface area (Å²) in [5.74, 6) is 0.862. The minimum atomic E-state index is 0.862. The molecule has 0 spiro atoms. The second-order valence-electron chi connectivity index (χ2n) is 4.98. The molecular formula is C14H18S2. The molecule has 1 fully saturated rings. The molecule has 0 amide bonds. The molecule has 1 aliphatic carbocycles. The molecular weight excluding hydrogens is 232 g/mol. The normalized spacial score (nSPS) is 18.4. The molecule has 2 heterocycles. The van der Waals surface area contributed by atoms with Gasteiger partial charge in [0, 0.05) is 14.3 Å². The number of thiophene rings is 2. The van der Waals surface area contributed by atoms with E-state index >= 15 is 0 Å². The summed E-state index contributed by atoms with van der Waals surface area (Å²) >= 11 is 3.98. The maximum Gasteiger partial charge on any atom is 0.0490 e. The van der Waals surface area contributed by atoms with E-state index in [1.165, 1.54) is 37.7 Å². The van der Waals surface area contributed by atoms with Crippen molar-refractivity contribution in [3.05, 3.63) is 21.4 Å². The number of aryl methyl sites for hydroxylation is 2. The molecule has 2 heteroatoms. The van der Waals surface area contributed by atoms with Crippen LogP contribution in [0.15, 0.2) is 5.38 Å². The SMILES string of the molecule is Cc1sc2c(C)csc2c1C1CCCCC1. The van der Waals surface area contributed by atoms with Crippen molar-refractivity contribution in [2.24, 2.45) is 0 Å². The van der Waals surface area contributed by atoms with Crippen LogP contribution in [0.3, 0.4) is 0 Å². The molecule has 0 aliphatic heterocycles. The van der Waals surface area contributed by atoms with Crippen LogP contribution in [0, 0.1) is 13.8 Å². The van der Waals surface area contributed by atoms with Gasteiger partial charge in [0.15, 0.2) is 0 Å². The minimum Gasteiger partial charge on any atom is -0.142 e. The lowest BCUT2D eigenvalue weighted by atomic mass is 9.84. The molecule has 0 N–H and O–H groups in total. The lowest BCUT2D eigenvalue weighted by Crippen LogP contribution is -2.04. The minimum absolute atomic E-state index is 0.862. The summed E-state index contributed by atoms with van der Waals surface area (Å²) in [6.07, 6.45) is 7.16. The Balaban J connectivity index is 2.10. The molecule has 3 rings (SSSR count). The van der Waals surface area contributed by atoms with E-state index in [2.05, 4.69) is 19.2 Å². The van der Waals surface area contributed by atoms with Crippen LogP contribution in [0.2, 0.25) is 0 Å². The highest BCUT2D eigenvalue weighted by Crippen LogP contribution is 2.45. The van der Waals surface area contributed by atoms with Crippen molar-refractivity contribution >= 4 is 32.1 Å². The molecule has 0 radical (unpaired) electrons. The Kier molecular flexibility index (Phi) is 2.80. The monoisotopic (exact) mass is 250 g/mol. The number of fused-ring (bicyclic) bond motifs is 1. The van der Waals surface area contributed by atoms with Gasteiger partial charge >= 0.3 is 0 Å². The first kappa shape index (κ1) is 10.8. The van der Waals surface area contributed by atoms with Crippen molar-refractivity contribution in [2.45, 2.75) is 51.9 Å². The second-order valence-corrected chi connectivity index (χ2v) is 7.09. The first-order valence-electron chi connectivity index (χ1n) is 6.24. The topological polar surface area (TPSA) is 0 Å². The van der Waals surface area contributed by atoms with Gasteiger partial charge in [-0.15, -0.1) is 22.7 Å². The van der Waals surface area contributed by atoms with Crippen molar-refractivity contribution in [2.75, 3.05) is 0 Å². The summed E-state index contributed by atoms with van der Waals surface area (Å²) in [6, 6.07) is 0. The molecule has 0 saturated heterocycles. The Morgan fingerprint density at radius 2 is 1.81 bits per heavy atom.